The number of benzene rings is 1. The van der Waals surface area contributed by atoms with Gasteiger partial charge in [-0.25, -0.2) is 0 Å². The number of hydrogen-bond donors (Lipinski definition) is 2. The van der Waals surface area contributed by atoms with Crippen molar-refractivity contribution in [2.24, 2.45) is 0 Å². The van der Waals surface area contributed by atoms with E-state index in [1.165, 1.54) is 11.1 Å². The van der Waals surface area contributed by atoms with Crippen LogP contribution in [0.25, 0.3) is 0 Å². The van der Waals surface area contributed by atoms with Crippen molar-refractivity contribution in [3.8, 4) is 0 Å². The van der Waals surface area contributed by atoms with Gasteiger partial charge in [-0.1, -0.05) is 24.3 Å². The first-order valence-electron chi connectivity index (χ1n) is 5.83. The molecule has 0 aromatic heterocycles. The highest BCUT2D eigenvalue weighted by molar-refractivity contribution is 5.85. The maximum absolute atomic E-state index is 12.0. The Morgan fingerprint density at radius 1 is 1.50 bits per heavy atom. The Bertz CT molecular complexity index is 389. The Balaban J connectivity index is 2.33. The molecule has 2 atom stereocenters. The minimum Gasteiger partial charge on any atom is -0.356 e. The zero-order valence-corrected chi connectivity index (χ0v) is 9.79. The molecule has 2 N–H and O–H groups in total. The van der Waals surface area contributed by atoms with Gasteiger partial charge in [-0.15, -0.1) is 0 Å². The van der Waals surface area contributed by atoms with Gasteiger partial charge in [-0.2, -0.15) is 0 Å². The molecular weight excluding hydrogens is 200 g/mol. The summed E-state index contributed by atoms with van der Waals surface area (Å²) in [6.07, 6.45) is 0. The summed E-state index contributed by atoms with van der Waals surface area (Å²) in [7, 11) is 0. The van der Waals surface area contributed by atoms with Crippen LogP contribution in [0.5, 0.6) is 0 Å². The van der Waals surface area contributed by atoms with Gasteiger partial charge in [0.05, 0.1) is 5.92 Å². The molecule has 3 heteroatoms. The number of likely N-dealkylation sites (N-methyl/N-ethyl adjacent to an activating group) is 1. The van der Waals surface area contributed by atoms with Gasteiger partial charge in [-0.05, 0) is 25.0 Å². The lowest BCUT2D eigenvalue weighted by atomic mass is 9.85. The van der Waals surface area contributed by atoms with E-state index in [4.69, 9.17) is 0 Å². The maximum Gasteiger partial charge on any atom is 0.229 e. The van der Waals surface area contributed by atoms with Crippen LogP contribution in [0.3, 0.4) is 0 Å². The van der Waals surface area contributed by atoms with E-state index in [1.54, 1.807) is 0 Å². The topological polar surface area (TPSA) is 41.1 Å². The van der Waals surface area contributed by atoms with Gasteiger partial charge < -0.3 is 10.6 Å². The van der Waals surface area contributed by atoms with Crippen LogP contribution in [0.15, 0.2) is 24.3 Å². The monoisotopic (exact) mass is 218 g/mol. The molecule has 0 bridgehead atoms. The molecule has 1 amide bonds. The first-order valence-corrected chi connectivity index (χ1v) is 5.83. The number of carbonyl (C=O) groups excluding carboxylic acids is 1. The van der Waals surface area contributed by atoms with Crippen LogP contribution in [-0.4, -0.2) is 18.5 Å². The van der Waals surface area contributed by atoms with Crippen LogP contribution in [0, 0.1) is 0 Å². The molecule has 3 nitrogen and oxygen atoms in total. The first kappa shape index (κ1) is 11.1. The molecule has 0 spiro atoms. The van der Waals surface area contributed by atoms with Crippen molar-refractivity contribution < 1.29 is 4.79 Å². The number of carbonyl (C=O) groups is 1. The molecule has 86 valence electrons. The number of amides is 1. The zero-order valence-electron chi connectivity index (χ0n) is 9.79. The van der Waals surface area contributed by atoms with E-state index in [0.29, 0.717) is 6.54 Å². The van der Waals surface area contributed by atoms with Gasteiger partial charge in [-0.3, -0.25) is 4.79 Å². The molecule has 1 heterocycles. The van der Waals surface area contributed by atoms with E-state index in [0.717, 1.165) is 6.54 Å². The van der Waals surface area contributed by atoms with Crippen LogP contribution in [-0.2, 0) is 11.3 Å². The molecule has 1 aromatic rings. The van der Waals surface area contributed by atoms with Gasteiger partial charge in [0.1, 0.15) is 0 Å². The zero-order chi connectivity index (χ0) is 11.5. The molecule has 0 saturated carbocycles. The fourth-order valence-corrected chi connectivity index (χ4v) is 2.31. The fraction of sp³-hybridized carbons (Fsp3) is 0.462. The second kappa shape index (κ2) is 4.66. The standard InChI is InChI=1S/C13H18N2O/c1-3-14-13(16)12-9(2)15-8-10-6-4-5-7-11(10)12/h4-7,9,12,15H,3,8H2,1-2H3,(H,14,16). The van der Waals surface area contributed by atoms with Gasteiger partial charge in [0.15, 0.2) is 0 Å². The molecule has 2 unspecified atom stereocenters. The van der Waals surface area contributed by atoms with Crippen LogP contribution in [0.4, 0.5) is 0 Å². The highest BCUT2D eigenvalue weighted by Gasteiger charge is 2.31. The van der Waals surface area contributed by atoms with E-state index in [9.17, 15) is 4.79 Å². The van der Waals surface area contributed by atoms with Crippen molar-refractivity contribution in [1.82, 2.24) is 10.6 Å². The number of hydrogen-bond acceptors (Lipinski definition) is 2. The molecular formula is C13H18N2O. The number of nitrogens with one attached hydrogen (secondary N) is 2. The third-order valence-electron chi connectivity index (χ3n) is 3.14. The van der Waals surface area contributed by atoms with Crippen molar-refractivity contribution in [1.29, 1.82) is 0 Å². The molecule has 1 aliphatic heterocycles. The second-order valence-corrected chi connectivity index (χ2v) is 4.24. The minimum absolute atomic E-state index is 0.0649. The molecule has 1 aromatic carbocycles. The number of rotatable bonds is 2. The van der Waals surface area contributed by atoms with Crippen molar-refractivity contribution in [3.63, 3.8) is 0 Å². The molecule has 0 fully saturated rings. The Hall–Kier alpha value is -1.35. The summed E-state index contributed by atoms with van der Waals surface area (Å²) in [5, 5.41) is 6.27. The van der Waals surface area contributed by atoms with Crippen LogP contribution >= 0.6 is 0 Å². The number of fused-ring (bicyclic) bond motifs is 1. The van der Waals surface area contributed by atoms with E-state index < -0.39 is 0 Å². The smallest absolute Gasteiger partial charge is 0.229 e. The largest absolute Gasteiger partial charge is 0.356 e. The summed E-state index contributed by atoms with van der Waals surface area (Å²) in [4.78, 5) is 12.0. The molecule has 1 aliphatic rings. The van der Waals surface area contributed by atoms with E-state index in [2.05, 4.69) is 29.7 Å². The Morgan fingerprint density at radius 2 is 2.25 bits per heavy atom. The minimum atomic E-state index is -0.0649. The molecule has 0 aliphatic carbocycles. The van der Waals surface area contributed by atoms with Gasteiger partial charge >= 0.3 is 0 Å². The highest BCUT2D eigenvalue weighted by Crippen LogP contribution is 2.27. The molecule has 2 rings (SSSR count). The van der Waals surface area contributed by atoms with Crippen molar-refractivity contribution >= 4 is 5.91 Å². The lowest BCUT2D eigenvalue weighted by molar-refractivity contribution is -0.123. The molecule has 16 heavy (non-hydrogen) atoms. The SMILES string of the molecule is CCNC(=O)C1c2ccccc2CNC1C. The summed E-state index contributed by atoms with van der Waals surface area (Å²) in [5.74, 6) is 0.0551. The third kappa shape index (κ3) is 1.95. The Labute approximate surface area is 96.2 Å². The third-order valence-corrected chi connectivity index (χ3v) is 3.14. The lowest BCUT2D eigenvalue weighted by Gasteiger charge is -2.31. The first-order chi connectivity index (χ1) is 7.74. The van der Waals surface area contributed by atoms with Crippen LogP contribution in [0.1, 0.15) is 30.9 Å². The van der Waals surface area contributed by atoms with E-state index in [1.807, 2.05) is 19.1 Å². The average molecular weight is 218 g/mol. The van der Waals surface area contributed by atoms with Gasteiger partial charge in [0.25, 0.3) is 0 Å². The Morgan fingerprint density at radius 3 is 3.00 bits per heavy atom. The van der Waals surface area contributed by atoms with Crippen LogP contribution < -0.4 is 10.6 Å². The van der Waals surface area contributed by atoms with Crippen molar-refractivity contribution in [3.05, 3.63) is 35.4 Å². The summed E-state index contributed by atoms with van der Waals surface area (Å²) in [6, 6.07) is 8.36. The lowest BCUT2D eigenvalue weighted by Crippen LogP contribution is -2.44. The van der Waals surface area contributed by atoms with Crippen LogP contribution in [0.2, 0.25) is 0 Å². The summed E-state index contributed by atoms with van der Waals surface area (Å²) in [6.45, 7) is 5.55. The maximum atomic E-state index is 12.0. The van der Waals surface area contributed by atoms with Gasteiger partial charge in [0, 0.05) is 19.1 Å². The predicted molar refractivity (Wildman–Crippen MR) is 64.2 cm³/mol. The predicted octanol–water partition coefficient (Wildman–Crippen LogP) is 1.40. The Kier molecular flexibility index (Phi) is 3.25. The average Bonchev–Trinajstić information content (AvgIpc) is 2.29. The normalized spacial score (nSPS) is 23.6. The second-order valence-electron chi connectivity index (χ2n) is 4.24. The highest BCUT2D eigenvalue weighted by atomic mass is 16.1. The summed E-state index contributed by atoms with van der Waals surface area (Å²) in [5.41, 5.74) is 2.40. The van der Waals surface area contributed by atoms with Crippen molar-refractivity contribution in [2.75, 3.05) is 6.54 Å². The summed E-state index contributed by atoms with van der Waals surface area (Å²) >= 11 is 0. The molecule has 0 radical (unpaired) electrons. The van der Waals surface area contributed by atoms with E-state index >= 15 is 0 Å². The van der Waals surface area contributed by atoms with E-state index in [-0.39, 0.29) is 17.9 Å². The quantitative estimate of drug-likeness (QED) is 0.787. The summed E-state index contributed by atoms with van der Waals surface area (Å²) < 4.78 is 0. The molecule has 0 saturated heterocycles. The van der Waals surface area contributed by atoms with Gasteiger partial charge in [0.2, 0.25) is 5.91 Å². The fourth-order valence-electron chi connectivity index (χ4n) is 2.31. The van der Waals surface area contributed by atoms with Crippen molar-refractivity contribution in [2.45, 2.75) is 32.4 Å².